The molecule has 1 fully saturated rings. The van der Waals surface area contributed by atoms with Crippen molar-refractivity contribution in [3.05, 3.63) is 33.8 Å². The molecule has 2 unspecified atom stereocenters. The number of sulfone groups is 1. The van der Waals surface area contributed by atoms with Gasteiger partial charge in [-0.2, -0.15) is 0 Å². The highest BCUT2D eigenvalue weighted by Gasteiger charge is 2.29. The van der Waals surface area contributed by atoms with Crippen LogP contribution in [0.3, 0.4) is 0 Å². The van der Waals surface area contributed by atoms with Gasteiger partial charge in [0, 0.05) is 12.8 Å². The molecule has 0 saturated carbocycles. The van der Waals surface area contributed by atoms with E-state index in [1.54, 1.807) is 23.1 Å². The van der Waals surface area contributed by atoms with Crippen LogP contribution in [0.2, 0.25) is 10.0 Å². The average Bonchev–Trinajstić information content (AvgIpc) is 2.54. The number of nitrogens with zero attached hydrogens (tertiary/aromatic N) is 1. The standard InChI is InChI=1S/C15H20Cl2N2O4S/c1-24(21,22)7-4-13(18)15(20)19-5-6-23-14(9-19)10-2-3-11(16)12(17)8-10/h2-3,8,13-14H,4-7,9,18H2,1H3. The maximum Gasteiger partial charge on any atom is 0.239 e. The normalized spacial score (nSPS) is 20.0. The van der Waals surface area contributed by atoms with E-state index < -0.39 is 15.9 Å². The van der Waals surface area contributed by atoms with Gasteiger partial charge in [-0.1, -0.05) is 29.3 Å². The molecule has 1 aliphatic heterocycles. The van der Waals surface area contributed by atoms with E-state index in [0.717, 1.165) is 11.8 Å². The van der Waals surface area contributed by atoms with Crippen LogP contribution in [0.1, 0.15) is 18.1 Å². The van der Waals surface area contributed by atoms with E-state index in [1.807, 2.05) is 0 Å². The topological polar surface area (TPSA) is 89.7 Å². The molecule has 134 valence electrons. The molecular formula is C15H20Cl2N2O4S. The van der Waals surface area contributed by atoms with Crippen molar-refractivity contribution in [2.75, 3.05) is 31.7 Å². The second-order valence-electron chi connectivity index (χ2n) is 5.84. The summed E-state index contributed by atoms with van der Waals surface area (Å²) in [5.74, 6) is -0.382. The molecule has 1 aromatic carbocycles. The number of nitrogens with two attached hydrogens (primary N) is 1. The van der Waals surface area contributed by atoms with Gasteiger partial charge in [-0.3, -0.25) is 4.79 Å². The largest absolute Gasteiger partial charge is 0.370 e. The molecule has 0 radical (unpaired) electrons. The number of benzene rings is 1. The molecule has 0 spiro atoms. The van der Waals surface area contributed by atoms with Gasteiger partial charge in [-0.05, 0) is 24.1 Å². The Hall–Kier alpha value is -0.860. The molecule has 9 heteroatoms. The van der Waals surface area contributed by atoms with E-state index >= 15 is 0 Å². The molecule has 0 bridgehead atoms. The van der Waals surface area contributed by atoms with E-state index in [0.29, 0.717) is 29.7 Å². The number of carbonyl (C=O) groups excluding carboxylic acids is 1. The Morgan fingerprint density at radius 2 is 2.12 bits per heavy atom. The summed E-state index contributed by atoms with van der Waals surface area (Å²) in [6.45, 7) is 1.13. The van der Waals surface area contributed by atoms with Crippen LogP contribution in [0.15, 0.2) is 18.2 Å². The fourth-order valence-corrected chi connectivity index (χ4v) is 3.45. The molecule has 2 N–H and O–H groups in total. The lowest BCUT2D eigenvalue weighted by molar-refractivity contribution is -0.140. The summed E-state index contributed by atoms with van der Waals surface area (Å²) >= 11 is 11.9. The molecule has 1 heterocycles. The van der Waals surface area contributed by atoms with Crippen LogP contribution in [0, 0.1) is 0 Å². The third-order valence-corrected chi connectivity index (χ3v) is 5.53. The van der Waals surface area contributed by atoms with Crippen LogP contribution in [-0.2, 0) is 19.4 Å². The molecule has 2 atom stereocenters. The number of carbonyl (C=O) groups is 1. The summed E-state index contributed by atoms with van der Waals surface area (Å²) < 4.78 is 28.1. The predicted molar refractivity (Wildman–Crippen MR) is 94.0 cm³/mol. The molecule has 6 nitrogen and oxygen atoms in total. The molecule has 1 aliphatic rings. The maximum absolute atomic E-state index is 12.4. The van der Waals surface area contributed by atoms with Crippen LogP contribution < -0.4 is 5.73 Å². The Balaban J connectivity index is 2.01. The van der Waals surface area contributed by atoms with E-state index in [9.17, 15) is 13.2 Å². The Bertz CT molecular complexity index is 711. The lowest BCUT2D eigenvalue weighted by Crippen LogP contribution is -2.49. The van der Waals surface area contributed by atoms with Crippen LogP contribution in [0.5, 0.6) is 0 Å². The molecule has 0 aliphatic carbocycles. The van der Waals surface area contributed by atoms with Gasteiger partial charge in [0.05, 0.1) is 35.0 Å². The molecule has 1 saturated heterocycles. The Morgan fingerprint density at radius 1 is 1.42 bits per heavy atom. The number of ether oxygens (including phenoxy) is 1. The molecule has 2 rings (SSSR count). The van der Waals surface area contributed by atoms with E-state index in [2.05, 4.69) is 0 Å². The zero-order valence-corrected chi connectivity index (χ0v) is 15.6. The van der Waals surface area contributed by atoms with Crippen molar-refractivity contribution in [3.63, 3.8) is 0 Å². The van der Waals surface area contributed by atoms with Gasteiger partial charge < -0.3 is 15.4 Å². The van der Waals surface area contributed by atoms with Crippen LogP contribution in [-0.4, -0.2) is 57.0 Å². The first-order valence-electron chi connectivity index (χ1n) is 7.46. The van der Waals surface area contributed by atoms with Crippen molar-refractivity contribution in [1.29, 1.82) is 0 Å². The number of morpholine rings is 1. The Labute approximate surface area is 151 Å². The number of halogens is 2. The molecule has 24 heavy (non-hydrogen) atoms. The van der Waals surface area contributed by atoms with Gasteiger partial charge in [0.2, 0.25) is 5.91 Å². The van der Waals surface area contributed by atoms with Gasteiger partial charge in [0.15, 0.2) is 0 Å². The van der Waals surface area contributed by atoms with Crippen molar-refractivity contribution in [1.82, 2.24) is 4.90 Å². The lowest BCUT2D eigenvalue weighted by Gasteiger charge is -2.34. The van der Waals surface area contributed by atoms with Gasteiger partial charge in [-0.25, -0.2) is 8.42 Å². The molecule has 1 amide bonds. The number of hydrogen-bond acceptors (Lipinski definition) is 5. The fraction of sp³-hybridized carbons (Fsp3) is 0.533. The van der Waals surface area contributed by atoms with Crippen molar-refractivity contribution in [2.24, 2.45) is 5.73 Å². The summed E-state index contributed by atoms with van der Waals surface area (Å²) in [6, 6.07) is 4.36. The van der Waals surface area contributed by atoms with Crippen molar-refractivity contribution in [2.45, 2.75) is 18.6 Å². The van der Waals surface area contributed by atoms with Crippen LogP contribution >= 0.6 is 23.2 Å². The highest BCUT2D eigenvalue weighted by atomic mass is 35.5. The van der Waals surface area contributed by atoms with E-state index in [4.69, 9.17) is 33.7 Å². The summed E-state index contributed by atoms with van der Waals surface area (Å²) in [7, 11) is -3.15. The minimum atomic E-state index is -3.15. The molecule has 1 aromatic rings. The Morgan fingerprint density at radius 3 is 2.75 bits per heavy atom. The van der Waals surface area contributed by atoms with Crippen LogP contribution in [0.4, 0.5) is 0 Å². The zero-order valence-electron chi connectivity index (χ0n) is 13.2. The zero-order chi connectivity index (χ0) is 17.9. The minimum absolute atomic E-state index is 0.104. The summed E-state index contributed by atoms with van der Waals surface area (Å²) in [5.41, 5.74) is 6.67. The highest BCUT2D eigenvalue weighted by molar-refractivity contribution is 7.90. The molecule has 0 aromatic heterocycles. The fourth-order valence-electron chi connectivity index (χ4n) is 2.46. The van der Waals surface area contributed by atoms with Crippen LogP contribution in [0.25, 0.3) is 0 Å². The van der Waals surface area contributed by atoms with Gasteiger partial charge >= 0.3 is 0 Å². The van der Waals surface area contributed by atoms with Gasteiger partial charge in [0.1, 0.15) is 15.9 Å². The van der Waals surface area contributed by atoms with Gasteiger partial charge in [0.25, 0.3) is 0 Å². The van der Waals surface area contributed by atoms with Crippen molar-refractivity contribution < 1.29 is 17.9 Å². The monoisotopic (exact) mass is 394 g/mol. The number of hydrogen-bond donors (Lipinski definition) is 1. The summed E-state index contributed by atoms with van der Waals surface area (Å²) in [5, 5.41) is 0.873. The smallest absolute Gasteiger partial charge is 0.239 e. The average molecular weight is 395 g/mol. The molecular weight excluding hydrogens is 375 g/mol. The maximum atomic E-state index is 12.4. The first kappa shape index (κ1) is 19.5. The first-order chi connectivity index (χ1) is 11.2. The lowest BCUT2D eigenvalue weighted by atomic mass is 10.1. The third-order valence-electron chi connectivity index (χ3n) is 3.81. The minimum Gasteiger partial charge on any atom is -0.370 e. The van der Waals surface area contributed by atoms with Crippen molar-refractivity contribution >= 4 is 38.9 Å². The van der Waals surface area contributed by atoms with E-state index in [1.165, 1.54) is 0 Å². The summed E-state index contributed by atoms with van der Waals surface area (Å²) in [4.78, 5) is 14.0. The highest BCUT2D eigenvalue weighted by Crippen LogP contribution is 2.29. The number of rotatable bonds is 5. The summed E-state index contributed by atoms with van der Waals surface area (Å²) in [6.07, 6.45) is 0.908. The second kappa shape index (κ2) is 8.01. The van der Waals surface area contributed by atoms with Gasteiger partial charge in [-0.15, -0.1) is 0 Å². The SMILES string of the molecule is CS(=O)(=O)CCC(N)C(=O)N1CCOC(c2ccc(Cl)c(Cl)c2)C1. The quantitative estimate of drug-likeness (QED) is 0.819. The van der Waals surface area contributed by atoms with E-state index in [-0.39, 0.29) is 24.2 Å². The first-order valence-corrected chi connectivity index (χ1v) is 10.3. The van der Waals surface area contributed by atoms with Crippen molar-refractivity contribution in [3.8, 4) is 0 Å². The third kappa shape index (κ3) is 5.32. The predicted octanol–water partition coefficient (Wildman–Crippen LogP) is 1.66. The Kier molecular flexibility index (Phi) is 6.50. The second-order valence-corrected chi connectivity index (χ2v) is 8.92. The number of amides is 1.